The van der Waals surface area contributed by atoms with E-state index in [1.807, 2.05) is 15.9 Å². The first-order valence-corrected chi connectivity index (χ1v) is 8.78. The number of hydrogen-bond donors (Lipinski definition) is 0. The molecule has 1 spiro atoms. The Morgan fingerprint density at radius 1 is 1.42 bits per heavy atom. The number of ether oxygens (including phenoxy) is 1. The maximum Gasteiger partial charge on any atom is 0.410 e. The molecule has 1 aromatic rings. The van der Waals surface area contributed by atoms with Crippen LogP contribution in [-0.4, -0.2) is 62.9 Å². The van der Waals surface area contributed by atoms with Crippen molar-refractivity contribution in [2.45, 2.75) is 57.7 Å². The van der Waals surface area contributed by atoms with Gasteiger partial charge >= 0.3 is 6.09 Å². The molecule has 7 nitrogen and oxygen atoms in total. The van der Waals surface area contributed by atoms with Gasteiger partial charge in [-0.3, -0.25) is 9.48 Å². The van der Waals surface area contributed by atoms with Crippen LogP contribution in [0.3, 0.4) is 0 Å². The van der Waals surface area contributed by atoms with E-state index in [4.69, 9.17) is 4.74 Å². The van der Waals surface area contributed by atoms with Gasteiger partial charge in [-0.05, 0) is 19.4 Å². The Hall–Kier alpha value is -2.05. The second-order valence-corrected chi connectivity index (χ2v) is 6.90. The molecule has 2 saturated heterocycles. The highest BCUT2D eigenvalue weighted by Gasteiger charge is 2.48. The number of carbonyl (C=O) groups excluding carboxylic acids is 2. The zero-order chi connectivity index (χ0) is 17.2. The maximum absolute atomic E-state index is 12.3. The van der Waals surface area contributed by atoms with Crippen LogP contribution >= 0.6 is 0 Å². The minimum absolute atomic E-state index is 0.0640. The molecule has 0 unspecified atom stereocenters. The highest BCUT2D eigenvalue weighted by molar-refractivity contribution is 5.76. The zero-order valence-electron chi connectivity index (χ0n) is 14.5. The van der Waals surface area contributed by atoms with Gasteiger partial charge in [-0.1, -0.05) is 13.3 Å². The maximum atomic E-state index is 12.3. The van der Waals surface area contributed by atoms with Gasteiger partial charge in [-0.2, -0.15) is 5.10 Å². The number of amides is 2. The number of hydrogen-bond acceptors (Lipinski definition) is 4. The standard InChI is InChI=1S/C17H26N4O3/c1-3-5-14(2)21-13-17(24-16(21)23)6-10-19(11-7-17)15(22)12-20-9-4-8-18-20/h4,8-9,14H,3,5-7,10-13H2,1-2H3/t14-/m1/s1. The molecule has 0 saturated carbocycles. The molecule has 0 aromatic carbocycles. The fourth-order valence-corrected chi connectivity index (χ4v) is 3.62. The third-order valence-corrected chi connectivity index (χ3v) is 5.12. The van der Waals surface area contributed by atoms with E-state index in [-0.39, 0.29) is 24.6 Å². The van der Waals surface area contributed by atoms with Crippen molar-refractivity contribution in [2.75, 3.05) is 19.6 Å². The van der Waals surface area contributed by atoms with Crippen LogP contribution in [0.2, 0.25) is 0 Å². The normalized spacial score (nSPS) is 21.2. The van der Waals surface area contributed by atoms with Crippen LogP contribution in [0.5, 0.6) is 0 Å². The Kier molecular flexibility index (Phi) is 4.78. The molecule has 3 rings (SSSR count). The van der Waals surface area contributed by atoms with Crippen LogP contribution in [0.1, 0.15) is 39.5 Å². The summed E-state index contributed by atoms with van der Waals surface area (Å²) in [5.74, 6) is 0.0640. The summed E-state index contributed by atoms with van der Waals surface area (Å²) in [5.41, 5.74) is -0.415. The quantitative estimate of drug-likeness (QED) is 0.824. The SMILES string of the molecule is CCC[C@@H](C)N1CC2(CCN(C(=O)Cn3cccn3)CC2)OC1=O. The summed E-state index contributed by atoms with van der Waals surface area (Å²) in [7, 11) is 0. The summed E-state index contributed by atoms with van der Waals surface area (Å²) in [6.45, 7) is 6.37. The van der Waals surface area contributed by atoms with Crippen LogP contribution in [0.4, 0.5) is 4.79 Å². The van der Waals surface area contributed by atoms with Crippen molar-refractivity contribution < 1.29 is 14.3 Å². The van der Waals surface area contributed by atoms with Gasteiger partial charge in [0.15, 0.2) is 0 Å². The minimum Gasteiger partial charge on any atom is -0.441 e. The molecule has 24 heavy (non-hydrogen) atoms. The van der Waals surface area contributed by atoms with Crippen molar-refractivity contribution in [3.05, 3.63) is 18.5 Å². The van der Waals surface area contributed by atoms with E-state index in [1.165, 1.54) is 0 Å². The van der Waals surface area contributed by atoms with Crippen molar-refractivity contribution in [3.63, 3.8) is 0 Å². The highest BCUT2D eigenvalue weighted by Crippen LogP contribution is 2.34. The van der Waals surface area contributed by atoms with Crippen molar-refractivity contribution in [1.82, 2.24) is 19.6 Å². The predicted molar refractivity (Wildman–Crippen MR) is 88.3 cm³/mol. The van der Waals surface area contributed by atoms with Crippen LogP contribution < -0.4 is 0 Å². The lowest BCUT2D eigenvalue weighted by atomic mass is 9.91. The molecule has 7 heteroatoms. The Bertz CT molecular complexity index is 579. The molecular weight excluding hydrogens is 308 g/mol. The first-order chi connectivity index (χ1) is 11.5. The Morgan fingerprint density at radius 2 is 2.17 bits per heavy atom. The van der Waals surface area contributed by atoms with E-state index in [2.05, 4.69) is 18.9 Å². The zero-order valence-corrected chi connectivity index (χ0v) is 14.5. The van der Waals surface area contributed by atoms with Gasteiger partial charge in [-0.15, -0.1) is 0 Å². The Morgan fingerprint density at radius 3 is 2.79 bits per heavy atom. The van der Waals surface area contributed by atoms with Gasteiger partial charge in [0.2, 0.25) is 5.91 Å². The summed E-state index contributed by atoms with van der Waals surface area (Å²) in [6.07, 6.45) is 6.70. The fourth-order valence-electron chi connectivity index (χ4n) is 3.62. The molecule has 0 bridgehead atoms. The highest BCUT2D eigenvalue weighted by atomic mass is 16.6. The molecule has 3 heterocycles. The number of carbonyl (C=O) groups is 2. The average molecular weight is 334 g/mol. The summed E-state index contributed by atoms with van der Waals surface area (Å²) in [6, 6.07) is 2.02. The number of likely N-dealkylation sites (tertiary alicyclic amines) is 1. The van der Waals surface area contributed by atoms with Crippen molar-refractivity contribution in [3.8, 4) is 0 Å². The van der Waals surface area contributed by atoms with E-state index in [9.17, 15) is 9.59 Å². The smallest absolute Gasteiger partial charge is 0.410 e. The van der Waals surface area contributed by atoms with Gasteiger partial charge in [0.25, 0.3) is 0 Å². The predicted octanol–water partition coefficient (Wildman–Crippen LogP) is 1.89. The third kappa shape index (κ3) is 3.39. The minimum atomic E-state index is -0.415. The number of aromatic nitrogens is 2. The Labute approximate surface area is 142 Å². The molecule has 0 N–H and O–H groups in total. The Balaban J connectivity index is 1.55. The lowest BCUT2D eigenvalue weighted by molar-refractivity contribution is -0.135. The molecule has 0 radical (unpaired) electrons. The molecule has 2 aliphatic heterocycles. The molecule has 2 fully saturated rings. The first kappa shape index (κ1) is 16.8. The lowest BCUT2D eigenvalue weighted by Crippen LogP contribution is -2.49. The summed E-state index contributed by atoms with van der Waals surface area (Å²) >= 11 is 0. The van der Waals surface area contributed by atoms with Crippen LogP contribution in [0.15, 0.2) is 18.5 Å². The van der Waals surface area contributed by atoms with E-state index in [1.54, 1.807) is 17.1 Å². The molecule has 0 aliphatic carbocycles. The fraction of sp³-hybridized carbons (Fsp3) is 0.706. The molecule has 132 valence electrons. The summed E-state index contributed by atoms with van der Waals surface area (Å²) < 4.78 is 7.37. The monoisotopic (exact) mass is 334 g/mol. The largest absolute Gasteiger partial charge is 0.441 e. The lowest BCUT2D eigenvalue weighted by Gasteiger charge is -2.37. The summed E-state index contributed by atoms with van der Waals surface area (Å²) in [5, 5.41) is 4.07. The molecule has 2 aliphatic rings. The van der Waals surface area contributed by atoms with Gasteiger partial charge < -0.3 is 14.5 Å². The van der Waals surface area contributed by atoms with Gasteiger partial charge in [-0.25, -0.2) is 4.79 Å². The summed E-state index contributed by atoms with van der Waals surface area (Å²) in [4.78, 5) is 28.2. The third-order valence-electron chi connectivity index (χ3n) is 5.12. The van der Waals surface area contributed by atoms with Crippen LogP contribution in [-0.2, 0) is 16.1 Å². The number of piperidine rings is 1. The first-order valence-electron chi connectivity index (χ1n) is 8.78. The molecular formula is C17H26N4O3. The number of nitrogens with zero attached hydrogens (tertiary/aromatic N) is 4. The van der Waals surface area contributed by atoms with Gasteiger partial charge in [0, 0.05) is 44.4 Å². The second-order valence-electron chi connectivity index (χ2n) is 6.90. The molecule has 2 amide bonds. The molecule has 1 aromatic heterocycles. The topological polar surface area (TPSA) is 67.7 Å². The van der Waals surface area contributed by atoms with Gasteiger partial charge in [0.05, 0.1) is 6.54 Å². The average Bonchev–Trinajstić information content (AvgIpc) is 3.16. The van der Waals surface area contributed by atoms with Gasteiger partial charge in [0.1, 0.15) is 12.1 Å². The van der Waals surface area contributed by atoms with Crippen molar-refractivity contribution >= 4 is 12.0 Å². The number of rotatable bonds is 5. The second kappa shape index (κ2) is 6.83. The van der Waals surface area contributed by atoms with Crippen LogP contribution in [0, 0.1) is 0 Å². The van der Waals surface area contributed by atoms with E-state index in [0.29, 0.717) is 32.5 Å². The van der Waals surface area contributed by atoms with E-state index < -0.39 is 5.60 Å². The van der Waals surface area contributed by atoms with E-state index in [0.717, 1.165) is 12.8 Å². The van der Waals surface area contributed by atoms with E-state index >= 15 is 0 Å². The molecule has 1 atom stereocenters. The van der Waals surface area contributed by atoms with Crippen LogP contribution in [0.25, 0.3) is 0 Å². The van der Waals surface area contributed by atoms with Crippen molar-refractivity contribution in [2.24, 2.45) is 0 Å². The van der Waals surface area contributed by atoms with Crippen molar-refractivity contribution in [1.29, 1.82) is 0 Å².